The van der Waals surface area contributed by atoms with Crippen molar-refractivity contribution in [2.45, 2.75) is 6.42 Å². The van der Waals surface area contributed by atoms with Gasteiger partial charge in [-0.1, -0.05) is 11.6 Å². The lowest BCUT2D eigenvalue weighted by atomic mass is 10.3. The molecule has 96 valence electrons. The van der Waals surface area contributed by atoms with E-state index in [1.54, 1.807) is 6.07 Å². The molecule has 0 spiro atoms. The third-order valence-corrected chi connectivity index (χ3v) is 3.25. The Kier molecular flexibility index (Phi) is 3.01. The monoisotopic (exact) mass is 267 g/mol. The van der Waals surface area contributed by atoms with Gasteiger partial charge in [-0.25, -0.2) is 0 Å². The number of anilines is 1. The quantitative estimate of drug-likeness (QED) is 0.827. The maximum Gasteiger partial charge on any atom is 0.298 e. The van der Waals surface area contributed by atoms with Gasteiger partial charge in [0.15, 0.2) is 11.3 Å². The molecule has 0 amide bonds. The molecule has 0 atom stereocenters. The Morgan fingerprint density at radius 2 is 2.22 bits per heavy atom. The van der Waals surface area contributed by atoms with E-state index >= 15 is 0 Å². The number of benzene rings is 1. The fourth-order valence-electron chi connectivity index (χ4n) is 2.14. The number of halogens is 1. The van der Waals surface area contributed by atoms with Crippen LogP contribution in [0.3, 0.4) is 0 Å². The Morgan fingerprint density at radius 3 is 3.11 bits per heavy atom. The molecule has 1 fully saturated rings. The molecule has 0 saturated carbocycles. The molecule has 18 heavy (non-hydrogen) atoms. The Labute approximate surface area is 109 Å². The van der Waals surface area contributed by atoms with Gasteiger partial charge in [-0.3, -0.25) is 0 Å². The summed E-state index contributed by atoms with van der Waals surface area (Å²) >= 11 is 5.88. The minimum absolute atomic E-state index is 0.0317. The average molecular weight is 268 g/mol. The molecular weight excluding hydrogens is 254 g/mol. The molecule has 0 unspecified atom stereocenters. The van der Waals surface area contributed by atoms with E-state index < -0.39 is 0 Å². The number of phenolic OH excluding ortho intramolecular Hbond substituents is 1. The van der Waals surface area contributed by atoms with Crippen LogP contribution in [0.1, 0.15) is 6.42 Å². The Hall–Kier alpha value is -1.46. The van der Waals surface area contributed by atoms with Crippen LogP contribution >= 0.6 is 11.6 Å². The van der Waals surface area contributed by atoms with Crippen molar-refractivity contribution in [3.05, 3.63) is 17.2 Å². The summed E-state index contributed by atoms with van der Waals surface area (Å²) in [5, 5.41) is 13.5. The van der Waals surface area contributed by atoms with Gasteiger partial charge in [0.1, 0.15) is 5.52 Å². The molecule has 2 aromatic rings. The van der Waals surface area contributed by atoms with E-state index in [1.807, 2.05) is 0 Å². The van der Waals surface area contributed by atoms with Crippen LogP contribution in [-0.4, -0.2) is 36.3 Å². The Balaban J connectivity index is 1.99. The van der Waals surface area contributed by atoms with Crippen molar-refractivity contribution in [2.75, 3.05) is 31.1 Å². The summed E-state index contributed by atoms with van der Waals surface area (Å²) in [5.74, 6) is 0.0317. The third-order valence-electron chi connectivity index (χ3n) is 3.03. The highest BCUT2D eigenvalue weighted by Crippen LogP contribution is 2.32. The van der Waals surface area contributed by atoms with Crippen LogP contribution in [0.5, 0.6) is 5.75 Å². The number of fused-ring (bicyclic) bond motifs is 1. The normalized spacial score (nSPS) is 17.1. The predicted octanol–water partition coefficient (Wildman–Crippen LogP) is 1.99. The zero-order chi connectivity index (χ0) is 12.5. The predicted molar refractivity (Wildman–Crippen MR) is 70.4 cm³/mol. The van der Waals surface area contributed by atoms with Gasteiger partial charge in [0.2, 0.25) is 0 Å². The van der Waals surface area contributed by atoms with Crippen LogP contribution in [0.2, 0.25) is 5.02 Å². The zero-order valence-electron chi connectivity index (χ0n) is 9.82. The molecule has 1 saturated heterocycles. The lowest BCUT2D eigenvalue weighted by Crippen LogP contribution is -2.27. The molecule has 2 heterocycles. The summed E-state index contributed by atoms with van der Waals surface area (Å²) in [4.78, 5) is 6.46. The van der Waals surface area contributed by atoms with Crippen LogP contribution in [0.4, 0.5) is 6.01 Å². The maximum absolute atomic E-state index is 9.77. The van der Waals surface area contributed by atoms with Crippen LogP contribution in [-0.2, 0) is 0 Å². The SMILES string of the molecule is Oc1cc(Cl)cc2nc(N3CCCNCC3)oc12. The van der Waals surface area contributed by atoms with Gasteiger partial charge in [-0.05, 0) is 19.0 Å². The topological polar surface area (TPSA) is 61.5 Å². The first kappa shape index (κ1) is 11.6. The lowest BCUT2D eigenvalue weighted by Gasteiger charge is -2.16. The molecule has 3 rings (SSSR count). The highest BCUT2D eigenvalue weighted by atomic mass is 35.5. The first-order valence-corrected chi connectivity index (χ1v) is 6.36. The van der Waals surface area contributed by atoms with E-state index in [0.29, 0.717) is 22.1 Å². The van der Waals surface area contributed by atoms with Crippen LogP contribution in [0.25, 0.3) is 11.1 Å². The zero-order valence-corrected chi connectivity index (χ0v) is 10.6. The number of nitrogens with zero attached hydrogens (tertiary/aromatic N) is 2. The molecule has 0 radical (unpaired) electrons. The highest BCUT2D eigenvalue weighted by Gasteiger charge is 2.17. The number of rotatable bonds is 1. The minimum atomic E-state index is 0.0317. The molecule has 0 aliphatic carbocycles. The summed E-state index contributed by atoms with van der Waals surface area (Å²) in [5.41, 5.74) is 0.985. The van der Waals surface area contributed by atoms with Crippen LogP contribution < -0.4 is 10.2 Å². The number of hydrogen-bond donors (Lipinski definition) is 2. The number of nitrogens with one attached hydrogen (secondary N) is 1. The van der Waals surface area contributed by atoms with Crippen molar-refractivity contribution in [2.24, 2.45) is 0 Å². The molecule has 0 bridgehead atoms. The van der Waals surface area contributed by atoms with Gasteiger partial charge in [0.25, 0.3) is 6.01 Å². The van der Waals surface area contributed by atoms with Crippen molar-refractivity contribution in [1.29, 1.82) is 0 Å². The lowest BCUT2D eigenvalue weighted by molar-refractivity contribution is 0.463. The molecule has 6 heteroatoms. The second kappa shape index (κ2) is 4.66. The van der Waals surface area contributed by atoms with Crippen LogP contribution in [0, 0.1) is 0 Å². The summed E-state index contributed by atoms with van der Waals surface area (Å²) < 4.78 is 5.63. The maximum atomic E-state index is 9.77. The smallest absolute Gasteiger partial charge is 0.298 e. The van der Waals surface area contributed by atoms with Gasteiger partial charge in [-0.15, -0.1) is 0 Å². The molecule has 1 aromatic heterocycles. The number of hydrogen-bond acceptors (Lipinski definition) is 5. The summed E-state index contributed by atoms with van der Waals surface area (Å²) in [6, 6.07) is 3.70. The minimum Gasteiger partial charge on any atom is -0.504 e. The number of phenols is 1. The van der Waals surface area contributed by atoms with E-state index in [4.69, 9.17) is 16.0 Å². The van der Waals surface area contributed by atoms with E-state index in [9.17, 15) is 5.11 Å². The molecule has 1 aliphatic heterocycles. The van der Waals surface area contributed by atoms with Crippen molar-refractivity contribution in [3.8, 4) is 5.75 Å². The largest absolute Gasteiger partial charge is 0.504 e. The first-order chi connectivity index (χ1) is 8.74. The molecule has 5 nitrogen and oxygen atoms in total. The fraction of sp³-hybridized carbons (Fsp3) is 0.417. The first-order valence-electron chi connectivity index (χ1n) is 5.99. The molecule has 1 aromatic carbocycles. The summed E-state index contributed by atoms with van der Waals surface area (Å²) in [6.07, 6.45) is 1.05. The third kappa shape index (κ3) is 2.11. The fourth-order valence-corrected chi connectivity index (χ4v) is 2.35. The van der Waals surface area contributed by atoms with Gasteiger partial charge >= 0.3 is 0 Å². The molecule has 1 aliphatic rings. The standard InChI is InChI=1S/C12H14ClN3O2/c13-8-6-9-11(10(17)7-8)18-12(15-9)16-4-1-2-14-3-5-16/h6-7,14,17H,1-5H2. The van der Waals surface area contributed by atoms with Gasteiger partial charge in [0.05, 0.1) is 0 Å². The summed E-state index contributed by atoms with van der Waals surface area (Å²) in [6.45, 7) is 3.66. The Bertz CT molecular complexity index is 562. The number of aromatic hydroxyl groups is 1. The molecular formula is C12H14ClN3O2. The number of aromatic nitrogens is 1. The highest BCUT2D eigenvalue weighted by molar-refractivity contribution is 6.31. The second-order valence-electron chi connectivity index (χ2n) is 4.36. The van der Waals surface area contributed by atoms with Gasteiger partial charge in [-0.2, -0.15) is 4.98 Å². The average Bonchev–Trinajstić information content (AvgIpc) is 2.59. The van der Waals surface area contributed by atoms with E-state index in [1.165, 1.54) is 6.07 Å². The molecule has 2 N–H and O–H groups in total. The van der Waals surface area contributed by atoms with Gasteiger partial charge in [0, 0.05) is 30.7 Å². The van der Waals surface area contributed by atoms with E-state index in [0.717, 1.165) is 32.6 Å². The summed E-state index contributed by atoms with van der Waals surface area (Å²) in [7, 11) is 0. The van der Waals surface area contributed by atoms with E-state index in [-0.39, 0.29) is 5.75 Å². The van der Waals surface area contributed by atoms with Crippen molar-refractivity contribution >= 4 is 28.7 Å². The van der Waals surface area contributed by atoms with Crippen molar-refractivity contribution < 1.29 is 9.52 Å². The second-order valence-corrected chi connectivity index (χ2v) is 4.80. The van der Waals surface area contributed by atoms with Crippen molar-refractivity contribution in [3.63, 3.8) is 0 Å². The van der Waals surface area contributed by atoms with Gasteiger partial charge < -0.3 is 19.7 Å². The van der Waals surface area contributed by atoms with Crippen LogP contribution in [0.15, 0.2) is 16.5 Å². The number of oxazole rings is 1. The van der Waals surface area contributed by atoms with E-state index in [2.05, 4.69) is 15.2 Å². The Morgan fingerprint density at radius 1 is 1.33 bits per heavy atom. The van der Waals surface area contributed by atoms with Crippen molar-refractivity contribution in [1.82, 2.24) is 10.3 Å².